The van der Waals surface area contributed by atoms with Gasteiger partial charge in [-0.05, 0) is 39.0 Å². The molecule has 0 saturated heterocycles. The molecule has 1 heterocycles. The van der Waals surface area contributed by atoms with E-state index in [4.69, 9.17) is 5.73 Å². The minimum absolute atomic E-state index is 0.0342. The number of aromatic nitrogens is 1. The number of hydrogen-bond acceptors (Lipinski definition) is 3. The number of carbonyl (C=O) groups excluding carboxylic acids is 2. The molecule has 3 amide bonds. The third-order valence-electron chi connectivity index (χ3n) is 3.97. The second-order valence-corrected chi connectivity index (χ2v) is 7.00. The van der Waals surface area contributed by atoms with Gasteiger partial charge in [0, 0.05) is 29.3 Å². The van der Waals surface area contributed by atoms with E-state index in [9.17, 15) is 18.8 Å². The van der Waals surface area contributed by atoms with Gasteiger partial charge in [0.1, 0.15) is 5.82 Å². The molecule has 0 radical (unpaired) electrons. The Kier molecular flexibility index (Phi) is 5.99. The summed E-state index contributed by atoms with van der Waals surface area (Å²) in [7, 11) is 0. The SMILES string of the molecule is Cc1cccn(Cc2c(F)cccc2NC(=O)NC(C)(C)CC(N)=O)c1=O. The normalized spacial score (nSPS) is 11.1. The molecule has 27 heavy (non-hydrogen) atoms. The van der Waals surface area contributed by atoms with E-state index in [0.29, 0.717) is 5.56 Å². The van der Waals surface area contributed by atoms with Crippen LogP contribution in [-0.2, 0) is 11.3 Å². The molecule has 0 bridgehead atoms. The lowest BCUT2D eigenvalue weighted by Crippen LogP contribution is -2.47. The van der Waals surface area contributed by atoms with Crippen molar-refractivity contribution in [3.05, 3.63) is 63.8 Å². The molecule has 0 aliphatic heterocycles. The Morgan fingerprint density at radius 1 is 1.22 bits per heavy atom. The van der Waals surface area contributed by atoms with Crippen molar-refractivity contribution < 1.29 is 14.0 Å². The van der Waals surface area contributed by atoms with Crippen molar-refractivity contribution in [1.29, 1.82) is 0 Å². The van der Waals surface area contributed by atoms with E-state index in [2.05, 4.69) is 10.6 Å². The topological polar surface area (TPSA) is 106 Å². The van der Waals surface area contributed by atoms with Crippen molar-refractivity contribution in [3.63, 3.8) is 0 Å². The zero-order valence-electron chi connectivity index (χ0n) is 15.5. The quantitative estimate of drug-likeness (QED) is 0.721. The van der Waals surface area contributed by atoms with Crippen LogP contribution in [0.15, 0.2) is 41.3 Å². The maximum atomic E-state index is 14.4. The number of anilines is 1. The second kappa shape index (κ2) is 8.03. The molecule has 1 aromatic carbocycles. The predicted molar refractivity (Wildman–Crippen MR) is 101 cm³/mol. The number of urea groups is 1. The Labute approximate surface area is 156 Å². The van der Waals surface area contributed by atoms with E-state index >= 15 is 0 Å². The fraction of sp³-hybridized carbons (Fsp3) is 0.316. The van der Waals surface area contributed by atoms with E-state index < -0.39 is 23.3 Å². The van der Waals surface area contributed by atoms with Gasteiger partial charge in [0.2, 0.25) is 5.91 Å². The van der Waals surface area contributed by atoms with E-state index in [1.807, 2.05) is 0 Å². The lowest BCUT2D eigenvalue weighted by Gasteiger charge is -2.25. The fourth-order valence-electron chi connectivity index (χ4n) is 2.73. The van der Waals surface area contributed by atoms with Crippen molar-refractivity contribution in [3.8, 4) is 0 Å². The molecular weight excluding hydrogens is 351 g/mol. The van der Waals surface area contributed by atoms with Crippen LogP contribution in [0.5, 0.6) is 0 Å². The number of nitrogens with two attached hydrogens (primary N) is 1. The summed E-state index contributed by atoms with van der Waals surface area (Å²) in [4.78, 5) is 35.6. The number of hydrogen-bond donors (Lipinski definition) is 3. The molecule has 0 unspecified atom stereocenters. The number of amides is 3. The van der Waals surface area contributed by atoms with Crippen LogP contribution in [0.2, 0.25) is 0 Å². The molecule has 0 aliphatic rings. The van der Waals surface area contributed by atoms with E-state index in [0.717, 1.165) is 0 Å². The lowest BCUT2D eigenvalue weighted by molar-refractivity contribution is -0.119. The summed E-state index contributed by atoms with van der Waals surface area (Å²) in [5.41, 5.74) is 5.01. The first kappa shape index (κ1) is 20.2. The van der Waals surface area contributed by atoms with Gasteiger partial charge in [0.25, 0.3) is 5.56 Å². The summed E-state index contributed by atoms with van der Waals surface area (Å²) >= 11 is 0. The summed E-state index contributed by atoms with van der Waals surface area (Å²) in [6.45, 7) is 4.94. The number of nitrogens with zero attached hydrogens (tertiary/aromatic N) is 1. The standard InChI is InChI=1S/C19H23FN4O3/c1-12-6-5-9-24(17(12)26)11-13-14(20)7-4-8-15(13)22-18(27)23-19(2,3)10-16(21)25/h4-9H,10-11H2,1-3H3,(H2,21,25)(H2,22,23,27). The van der Waals surface area contributed by atoms with Crippen LogP contribution in [0.3, 0.4) is 0 Å². The van der Waals surface area contributed by atoms with Gasteiger partial charge in [-0.15, -0.1) is 0 Å². The zero-order valence-corrected chi connectivity index (χ0v) is 15.5. The van der Waals surface area contributed by atoms with Crippen molar-refractivity contribution in [1.82, 2.24) is 9.88 Å². The molecule has 1 aromatic heterocycles. The number of aryl methyl sites for hydroxylation is 1. The number of rotatable bonds is 6. The van der Waals surface area contributed by atoms with E-state index in [1.54, 1.807) is 45.2 Å². The van der Waals surface area contributed by atoms with Crippen molar-refractivity contribution in [2.45, 2.75) is 39.3 Å². The van der Waals surface area contributed by atoms with Crippen molar-refractivity contribution in [2.24, 2.45) is 5.73 Å². The van der Waals surface area contributed by atoms with Crippen LogP contribution in [-0.4, -0.2) is 22.0 Å². The molecule has 0 aliphatic carbocycles. The average molecular weight is 374 g/mol. The summed E-state index contributed by atoms with van der Waals surface area (Å²) in [6, 6.07) is 7.03. The molecular formula is C19H23FN4O3. The van der Waals surface area contributed by atoms with Gasteiger partial charge in [-0.2, -0.15) is 0 Å². The monoisotopic (exact) mass is 374 g/mol. The third kappa shape index (κ3) is 5.40. The van der Waals surface area contributed by atoms with Gasteiger partial charge in [0.15, 0.2) is 0 Å². The number of benzene rings is 1. The Morgan fingerprint density at radius 2 is 1.93 bits per heavy atom. The highest BCUT2D eigenvalue weighted by atomic mass is 19.1. The molecule has 2 rings (SSSR count). The van der Waals surface area contributed by atoms with Gasteiger partial charge in [0.05, 0.1) is 12.2 Å². The molecule has 7 nitrogen and oxygen atoms in total. The largest absolute Gasteiger partial charge is 0.370 e. The number of nitrogens with one attached hydrogen (secondary N) is 2. The average Bonchev–Trinajstić information content (AvgIpc) is 2.52. The van der Waals surface area contributed by atoms with Crippen LogP contribution >= 0.6 is 0 Å². The molecule has 0 saturated carbocycles. The minimum Gasteiger partial charge on any atom is -0.370 e. The number of primary amides is 1. The predicted octanol–water partition coefficient (Wildman–Crippen LogP) is 2.12. The highest BCUT2D eigenvalue weighted by Crippen LogP contribution is 2.20. The smallest absolute Gasteiger partial charge is 0.319 e. The van der Waals surface area contributed by atoms with Gasteiger partial charge >= 0.3 is 6.03 Å². The molecule has 0 spiro atoms. The molecule has 2 aromatic rings. The third-order valence-corrected chi connectivity index (χ3v) is 3.97. The van der Waals surface area contributed by atoms with Crippen LogP contribution in [0.4, 0.5) is 14.9 Å². The first-order valence-electron chi connectivity index (χ1n) is 8.40. The molecule has 144 valence electrons. The Morgan fingerprint density at radius 3 is 2.59 bits per heavy atom. The molecule has 4 N–H and O–H groups in total. The maximum absolute atomic E-state index is 14.4. The van der Waals surface area contributed by atoms with Gasteiger partial charge in [-0.3, -0.25) is 9.59 Å². The molecule has 0 atom stereocenters. The molecule has 8 heteroatoms. The fourth-order valence-corrected chi connectivity index (χ4v) is 2.73. The Hall–Kier alpha value is -3.16. The summed E-state index contributed by atoms with van der Waals surface area (Å²) in [5, 5.41) is 5.20. The Bertz CT molecular complexity index is 921. The highest BCUT2D eigenvalue weighted by molar-refractivity contribution is 5.91. The molecule has 0 fully saturated rings. The summed E-state index contributed by atoms with van der Waals surface area (Å²) < 4.78 is 15.7. The minimum atomic E-state index is -0.864. The first-order valence-corrected chi connectivity index (χ1v) is 8.40. The highest BCUT2D eigenvalue weighted by Gasteiger charge is 2.23. The summed E-state index contributed by atoms with van der Waals surface area (Å²) in [5.74, 6) is -1.09. The van der Waals surface area contributed by atoms with Gasteiger partial charge < -0.3 is 20.9 Å². The first-order chi connectivity index (χ1) is 12.6. The van der Waals surface area contributed by atoms with E-state index in [1.165, 1.54) is 16.7 Å². The summed E-state index contributed by atoms with van der Waals surface area (Å²) in [6.07, 6.45) is 1.51. The number of carbonyl (C=O) groups is 2. The van der Waals surface area contributed by atoms with E-state index in [-0.39, 0.29) is 29.8 Å². The Balaban J connectivity index is 2.25. The van der Waals surface area contributed by atoms with Crippen LogP contribution in [0.1, 0.15) is 31.4 Å². The number of pyridine rings is 1. The van der Waals surface area contributed by atoms with Crippen molar-refractivity contribution >= 4 is 17.6 Å². The number of halogens is 1. The second-order valence-electron chi connectivity index (χ2n) is 7.00. The van der Waals surface area contributed by atoms with Crippen molar-refractivity contribution in [2.75, 3.05) is 5.32 Å². The lowest BCUT2D eigenvalue weighted by atomic mass is 10.0. The zero-order chi connectivity index (χ0) is 20.2. The maximum Gasteiger partial charge on any atom is 0.319 e. The van der Waals surface area contributed by atoms with Crippen LogP contribution < -0.4 is 21.9 Å². The van der Waals surface area contributed by atoms with Gasteiger partial charge in [-0.25, -0.2) is 9.18 Å². The van der Waals surface area contributed by atoms with Gasteiger partial charge in [-0.1, -0.05) is 12.1 Å². The van der Waals surface area contributed by atoms with Crippen LogP contribution in [0.25, 0.3) is 0 Å². The van der Waals surface area contributed by atoms with Crippen LogP contribution in [0, 0.1) is 12.7 Å².